The standard InChI is InChI=1S/C15H13ClN4O/c16-12-9-20(14-7-2-1-5-11(12)14)8-10-4-3-6-13(18-10)15(21)19-17/h1-7,9H,8,17H2,(H,19,21). The largest absolute Gasteiger partial charge is 0.340 e. The molecule has 0 fully saturated rings. The molecule has 3 N–H and O–H groups in total. The lowest BCUT2D eigenvalue weighted by atomic mass is 10.2. The Balaban J connectivity index is 1.97. The number of hydrogen-bond donors (Lipinski definition) is 2. The second-order valence-electron chi connectivity index (χ2n) is 4.61. The molecule has 5 nitrogen and oxygen atoms in total. The number of fused-ring (bicyclic) bond motifs is 1. The van der Waals surface area contributed by atoms with Crippen molar-refractivity contribution >= 4 is 28.4 Å². The second-order valence-corrected chi connectivity index (χ2v) is 5.02. The Labute approximate surface area is 126 Å². The van der Waals surface area contributed by atoms with Crippen molar-refractivity contribution in [3.8, 4) is 0 Å². The fraction of sp³-hybridized carbons (Fsp3) is 0.0667. The molecule has 0 radical (unpaired) electrons. The third kappa shape index (κ3) is 2.61. The van der Waals surface area contributed by atoms with Crippen molar-refractivity contribution in [1.82, 2.24) is 15.0 Å². The van der Waals surface area contributed by atoms with Gasteiger partial charge in [-0.2, -0.15) is 0 Å². The summed E-state index contributed by atoms with van der Waals surface area (Å²) in [6.45, 7) is 0.527. The average molecular weight is 301 g/mol. The van der Waals surface area contributed by atoms with Crippen LogP contribution in [0.4, 0.5) is 0 Å². The number of pyridine rings is 1. The van der Waals surface area contributed by atoms with Gasteiger partial charge in [0, 0.05) is 17.1 Å². The minimum absolute atomic E-state index is 0.289. The van der Waals surface area contributed by atoms with Crippen LogP contribution in [0, 0.1) is 0 Å². The normalized spacial score (nSPS) is 10.8. The first-order valence-corrected chi connectivity index (χ1v) is 6.77. The van der Waals surface area contributed by atoms with Gasteiger partial charge in [-0.1, -0.05) is 35.9 Å². The number of carbonyl (C=O) groups excluding carboxylic acids is 1. The number of hydrogen-bond acceptors (Lipinski definition) is 3. The van der Waals surface area contributed by atoms with E-state index < -0.39 is 5.91 Å². The fourth-order valence-corrected chi connectivity index (χ4v) is 2.55. The smallest absolute Gasteiger partial charge is 0.283 e. The zero-order chi connectivity index (χ0) is 14.8. The molecule has 3 rings (SSSR count). The van der Waals surface area contributed by atoms with Crippen LogP contribution in [0.2, 0.25) is 5.02 Å². The predicted octanol–water partition coefficient (Wildman–Crippen LogP) is 2.34. The molecule has 0 aliphatic heterocycles. The van der Waals surface area contributed by atoms with Gasteiger partial charge in [-0.15, -0.1) is 0 Å². The minimum Gasteiger partial charge on any atom is -0.340 e. The first kappa shape index (κ1) is 13.6. The number of amides is 1. The van der Waals surface area contributed by atoms with Crippen molar-refractivity contribution in [3.63, 3.8) is 0 Å². The molecule has 0 spiro atoms. The number of carbonyl (C=O) groups is 1. The van der Waals surface area contributed by atoms with Crippen molar-refractivity contribution in [2.75, 3.05) is 0 Å². The van der Waals surface area contributed by atoms with Crippen LogP contribution in [0.25, 0.3) is 10.9 Å². The molecule has 2 aromatic heterocycles. The molecule has 0 saturated heterocycles. The number of nitrogens with zero attached hydrogens (tertiary/aromatic N) is 2. The highest BCUT2D eigenvalue weighted by Gasteiger charge is 2.09. The van der Waals surface area contributed by atoms with E-state index >= 15 is 0 Å². The number of para-hydroxylation sites is 1. The molecule has 1 aromatic carbocycles. The van der Waals surface area contributed by atoms with Gasteiger partial charge in [0.25, 0.3) is 5.91 Å². The van der Waals surface area contributed by atoms with Crippen molar-refractivity contribution in [3.05, 3.63) is 65.1 Å². The fourth-order valence-electron chi connectivity index (χ4n) is 2.28. The average Bonchev–Trinajstić information content (AvgIpc) is 2.83. The number of nitrogen functional groups attached to an aromatic ring is 1. The van der Waals surface area contributed by atoms with Crippen LogP contribution in [0.3, 0.4) is 0 Å². The van der Waals surface area contributed by atoms with Crippen LogP contribution in [-0.2, 0) is 6.54 Å². The topological polar surface area (TPSA) is 72.9 Å². The Morgan fingerprint density at radius 2 is 2.05 bits per heavy atom. The van der Waals surface area contributed by atoms with Crippen LogP contribution in [0.1, 0.15) is 16.2 Å². The third-order valence-electron chi connectivity index (χ3n) is 3.24. The van der Waals surface area contributed by atoms with E-state index in [1.54, 1.807) is 12.1 Å². The molecule has 1 amide bonds. The summed E-state index contributed by atoms with van der Waals surface area (Å²) < 4.78 is 2.00. The van der Waals surface area contributed by atoms with Crippen molar-refractivity contribution in [2.45, 2.75) is 6.54 Å². The lowest BCUT2D eigenvalue weighted by Gasteiger charge is -2.06. The second kappa shape index (κ2) is 5.55. The molecule has 21 heavy (non-hydrogen) atoms. The van der Waals surface area contributed by atoms with Crippen LogP contribution in [0.5, 0.6) is 0 Å². The molecule has 3 aromatic rings. The quantitative estimate of drug-likeness (QED) is 0.443. The molecule has 0 aliphatic rings. The van der Waals surface area contributed by atoms with Crippen LogP contribution in [0.15, 0.2) is 48.7 Å². The van der Waals surface area contributed by atoms with Gasteiger partial charge in [0.1, 0.15) is 5.69 Å². The van der Waals surface area contributed by atoms with E-state index in [4.69, 9.17) is 17.4 Å². The van der Waals surface area contributed by atoms with Gasteiger partial charge in [0.05, 0.1) is 17.3 Å². The predicted molar refractivity (Wildman–Crippen MR) is 81.9 cm³/mol. The molecule has 0 unspecified atom stereocenters. The van der Waals surface area contributed by atoms with E-state index in [2.05, 4.69) is 10.4 Å². The van der Waals surface area contributed by atoms with E-state index in [1.165, 1.54) is 0 Å². The number of benzene rings is 1. The van der Waals surface area contributed by atoms with Crippen LogP contribution < -0.4 is 11.3 Å². The molecule has 6 heteroatoms. The van der Waals surface area contributed by atoms with Gasteiger partial charge < -0.3 is 4.57 Å². The van der Waals surface area contributed by atoms with E-state index in [1.807, 2.05) is 41.1 Å². The Hall–Kier alpha value is -2.37. The van der Waals surface area contributed by atoms with Crippen molar-refractivity contribution in [2.24, 2.45) is 5.84 Å². The summed E-state index contributed by atoms with van der Waals surface area (Å²) >= 11 is 6.23. The van der Waals surface area contributed by atoms with Crippen molar-refractivity contribution in [1.29, 1.82) is 0 Å². The highest BCUT2D eigenvalue weighted by atomic mass is 35.5. The summed E-state index contributed by atoms with van der Waals surface area (Å²) in [6, 6.07) is 13.1. The summed E-state index contributed by atoms with van der Waals surface area (Å²) in [5.74, 6) is 4.71. The van der Waals surface area contributed by atoms with E-state index in [0.29, 0.717) is 11.6 Å². The molecular weight excluding hydrogens is 288 g/mol. The Morgan fingerprint density at radius 3 is 2.86 bits per heavy atom. The SMILES string of the molecule is NNC(=O)c1cccc(Cn2cc(Cl)c3ccccc32)n1. The highest BCUT2D eigenvalue weighted by Crippen LogP contribution is 2.25. The zero-order valence-corrected chi connectivity index (χ0v) is 11.8. The summed E-state index contributed by atoms with van der Waals surface area (Å²) in [6.07, 6.45) is 1.86. The first-order valence-electron chi connectivity index (χ1n) is 6.39. The number of nitrogens with one attached hydrogen (secondary N) is 1. The number of hydrazine groups is 1. The number of aromatic nitrogens is 2. The summed E-state index contributed by atoms with van der Waals surface area (Å²) in [5.41, 5.74) is 4.15. The summed E-state index contributed by atoms with van der Waals surface area (Å²) in [7, 11) is 0. The van der Waals surface area contributed by atoms with Gasteiger partial charge >= 0.3 is 0 Å². The molecule has 106 valence electrons. The van der Waals surface area contributed by atoms with Gasteiger partial charge in [-0.3, -0.25) is 10.2 Å². The molecule has 0 saturated carbocycles. The van der Waals surface area contributed by atoms with Crippen molar-refractivity contribution < 1.29 is 4.79 Å². The maximum atomic E-state index is 11.5. The van der Waals surface area contributed by atoms with Gasteiger partial charge in [-0.25, -0.2) is 10.8 Å². The van der Waals surface area contributed by atoms with E-state index in [-0.39, 0.29) is 5.69 Å². The summed E-state index contributed by atoms with van der Waals surface area (Å²) in [4.78, 5) is 15.8. The molecule has 0 bridgehead atoms. The maximum Gasteiger partial charge on any atom is 0.283 e. The lowest BCUT2D eigenvalue weighted by molar-refractivity contribution is 0.0948. The van der Waals surface area contributed by atoms with Gasteiger partial charge in [0.15, 0.2) is 0 Å². The number of rotatable bonds is 3. The number of halogens is 1. The molecule has 0 aliphatic carbocycles. The molecule has 2 heterocycles. The summed E-state index contributed by atoms with van der Waals surface area (Å²) in [5, 5.41) is 1.69. The molecular formula is C15H13ClN4O. The first-order chi connectivity index (χ1) is 10.2. The Morgan fingerprint density at radius 1 is 1.24 bits per heavy atom. The lowest BCUT2D eigenvalue weighted by Crippen LogP contribution is -2.30. The van der Waals surface area contributed by atoms with Crippen LogP contribution in [-0.4, -0.2) is 15.5 Å². The van der Waals surface area contributed by atoms with E-state index in [0.717, 1.165) is 16.6 Å². The molecule has 0 atom stereocenters. The van der Waals surface area contributed by atoms with Crippen LogP contribution >= 0.6 is 11.6 Å². The maximum absolute atomic E-state index is 11.5. The van der Waals surface area contributed by atoms with Gasteiger partial charge in [0.2, 0.25) is 0 Å². The van der Waals surface area contributed by atoms with Gasteiger partial charge in [-0.05, 0) is 18.2 Å². The monoisotopic (exact) mass is 300 g/mol. The Kier molecular flexibility index (Phi) is 3.60. The zero-order valence-electron chi connectivity index (χ0n) is 11.1. The highest BCUT2D eigenvalue weighted by molar-refractivity contribution is 6.35. The van der Waals surface area contributed by atoms with E-state index in [9.17, 15) is 4.79 Å². The number of nitrogens with two attached hydrogens (primary N) is 1. The third-order valence-corrected chi connectivity index (χ3v) is 3.54. The Bertz CT molecular complexity index is 812. The minimum atomic E-state index is -0.410.